The zero-order chi connectivity index (χ0) is 12.7. The largest absolute Gasteiger partial charge is 0.272 e. The van der Waals surface area contributed by atoms with Crippen molar-refractivity contribution in [3.05, 3.63) is 0 Å². The Balaban J connectivity index is 2.83. The van der Waals surface area contributed by atoms with Gasteiger partial charge in [-0.1, -0.05) is 13.8 Å². The van der Waals surface area contributed by atoms with Crippen molar-refractivity contribution in [2.24, 2.45) is 11.8 Å². The lowest BCUT2D eigenvalue weighted by Crippen LogP contribution is -2.68. The second-order valence-electron chi connectivity index (χ2n) is 5.04. The number of carbonyl (C=O) groups is 1. The molecule has 16 heavy (non-hydrogen) atoms. The van der Waals surface area contributed by atoms with E-state index in [0.29, 0.717) is 11.7 Å². The minimum Gasteiger partial charge on any atom is -0.272 e. The highest BCUT2D eigenvalue weighted by molar-refractivity contribution is 7.94. The summed E-state index contributed by atoms with van der Waals surface area (Å²) in [4.78, 5) is 11.7. The van der Waals surface area contributed by atoms with Crippen LogP contribution in [0.1, 0.15) is 27.7 Å². The van der Waals surface area contributed by atoms with Crippen LogP contribution < -0.4 is 0 Å². The Labute approximate surface area is 103 Å². The second-order valence-corrected chi connectivity index (χ2v) is 7.81. The van der Waals surface area contributed by atoms with Gasteiger partial charge in [-0.05, 0) is 31.4 Å². The van der Waals surface area contributed by atoms with Crippen molar-refractivity contribution < 1.29 is 13.2 Å². The smallest absolute Gasteiger partial charge is 0.258 e. The summed E-state index contributed by atoms with van der Waals surface area (Å²) in [6.45, 7) is 7.16. The maximum absolute atomic E-state index is 11.8. The zero-order valence-corrected chi connectivity index (χ0v) is 11.8. The number of rotatable bonds is 4. The molecule has 1 aliphatic heterocycles. The highest BCUT2D eigenvalue weighted by Gasteiger charge is 2.60. The van der Waals surface area contributed by atoms with Gasteiger partial charge in [-0.25, -0.2) is 12.7 Å². The topological polar surface area (TPSA) is 54.5 Å². The highest BCUT2D eigenvalue weighted by Crippen LogP contribution is 2.36. The molecular weight excluding hydrogens is 246 g/mol. The predicted octanol–water partition coefficient (Wildman–Crippen LogP) is 1.14. The molecule has 1 heterocycles. The SMILES string of the molecule is CC(C)C(CS)CN1C(=O)C(C)(C)S1(=O)=O. The summed E-state index contributed by atoms with van der Waals surface area (Å²) >= 11 is 4.19. The number of hydrogen-bond donors (Lipinski definition) is 1. The van der Waals surface area contributed by atoms with Crippen LogP contribution in [0.15, 0.2) is 0 Å². The Morgan fingerprint density at radius 1 is 1.38 bits per heavy atom. The van der Waals surface area contributed by atoms with E-state index in [9.17, 15) is 13.2 Å². The predicted molar refractivity (Wildman–Crippen MR) is 66.9 cm³/mol. The lowest BCUT2D eigenvalue weighted by Gasteiger charge is -2.44. The van der Waals surface area contributed by atoms with Gasteiger partial charge in [0.1, 0.15) is 0 Å². The van der Waals surface area contributed by atoms with E-state index in [2.05, 4.69) is 12.6 Å². The maximum atomic E-state index is 11.8. The molecule has 1 atom stereocenters. The van der Waals surface area contributed by atoms with Gasteiger partial charge in [0.25, 0.3) is 15.9 Å². The van der Waals surface area contributed by atoms with Crippen LogP contribution in [0.2, 0.25) is 0 Å². The number of carbonyl (C=O) groups excluding carboxylic acids is 1. The molecule has 0 aromatic heterocycles. The quantitative estimate of drug-likeness (QED) is 0.776. The Hall–Kier alpha value is -0.230. The van der Waals surface area contributed by atoms with Crippen LogP contribution in [-0.4, -0.2) is 35.7 Å². The molecular formula is C10H19NO3S2. The van der Waals surface area contributed by atoms with Crippen molar-refractivity contribution in [2.45, 2.75) is 32.4 Å². The van der Waals surface area contributed by atoms with Crippen LogP contribution in [0.4, 0.5) is 0 Å². The van der Waals surface area contributed by atoms with E-state index < -0.39 is 14.8 Å². The minimum atomic E-state index is -3.44. The van der Waals surface area contributed by atoms with Gasteiger partial charge in [0.2, 0.25) is 0 Å². The van der Waals surface area contributed by atoms with Crippen molar-refractivity contribution in [3.63, 3.8) is 0 Å². The summed E-state index contributed by atoms with van der Waals surface area (Å²) in [7, 11) is -3.44. The van der Waals surface area contributed by atoms with Crippen molar-refractivity contribution in [1.82, 2.24) is 4.31 Å². The molecule has 1 fully saturated rings. The Morgan fingerprint density at radius 3 is 2.19 bits per heavy atom. The van der Waals surface area contributed by atoms with Crippen molar-refractivity contribution in [2.75, 3.05) is 12.3 Å². The van der Waals surface area contributed by atoms with Gasteiger partial charge in [-0.3, -0.25) is 4.79 Å². The summed E-state index contributed by atoms with van der Waals surface area (Å²) in [5.41, 5.74) is 0. The Bertz CT molecular complexity index is 387. The molecule has 4 nitrogen and oxygen atoms in total. The Kier molecular flexibility index (Phi) is 3.65. The molecule has 0 bridgehead atoms. The third-order valence-electron chi connectivity index (χ3n) is 3.25. The summed E-state index contributed by atoms with van der Waals surface area (Å²) in [5.74, 6) is 0.694. The summed E-state index contributed by atoms with van der Waals surface area (Å²) < 4.78 is 23.4. The fraction of sp³-hybridized carbons (Fsp3) is 0.900. The van der Waals surface area contributed by atoms with Crippen LogP contribution in [-0.2, 0) is 14.8 Å². The molecule has 94 valence electrons. The molecule has 1 unspecified atom stereocenters. The van der Waals surface area contributed by atoms with E-state index in [1.807, 2.05) is 13.8 Å². The van der Waals surface area contributed by atoms with Gasteiger partial charge in [0.05, 0.1) is 0 Å². The first-order valence-corrected chi connectivity index (χ1v) is 7.41. The molecule has 0 spiro atoms. The molecule has 0 saturated carbocycles. The first-order chi connectivity index (χ1) is 7.16. The van der Waals surface area contributed by atoms with E-state index in [-0.39, 0.29) is 18.4 Å². The van der Waals surface area contributed by atoms with Crippen LogP contribution in [0.25, 0.3) is 0 Å². The molecule has 0 radical (unpaired) electrons. The second kappa shape index (κ2) is 4.22. The fourth-order valence-corrected chi connectivity index (χ4v) is 3.75. The van der Waals surface area contributed by atoms with Gasteiger partial charge in [-0.15, -0.1) is 0 Å². The van der Waals surface area contributed by atoms with Gasteiger partial charge in [-0.2, -0.15) is 12.6 Å². The first-order valence-electron chi connectivity index (χ1n) is 5.33. The molecule has 1 aliphatic rings. The fourth-order valence-electron chi connectivity index (χ4n) is 1.63. The summed E-state index contributed by atoms with van der Waals surface area (Å²) in [6, 6.07) is 0. The molecule has 6 heteroatoms. The molecule has 1 amide bonds. The van der Waals surface area contributed by atoms with E-state index in [0.717, 1.165) is 4.31 Å². The number of amides is 1. The summed E-state index contributed by atoms with van der Waals surface area (Å²) in [5, 5.41) is 0. The van der Waals surface area contributed by atoms with Crippen molar-refractivity contribution >= 4 is 28.6 Å². The van der Waals surface area contributed by atoms with E-state index in [4.69, 9.17) is 0 Å². The van der Waals surface area contributed by atoms with E-state index in [1.165, 1.54) is 13.8 Å². The first kappa shape index (κ1) is 13.8. The molecule has 0 aromatic carbocycles. The molecule has 0 N–H and O–H groups in total. The standard InChI is InChI=1S/C10H19NO3S2/c1-7(2)8(6-15)5-11-9(12)10(3,4)16(11,13)14/h7-8,15H,5-6H2,1-4H3. The van der Waals surface area contributed by atoms with Crippen molar-refractivity contribution in [1.29, 1.82) is 0 Å². The summed E-state index contributed by atoms with van der Waals surface area (Å²) in [6.07, 6.45) is 0. The average molecular weight is 265 g/mol. The van der Waals surface area contributed by atoms with Crippen molar-refractivity contribution in [3.8, 4) is 0 Å². The van der Waals surface area contributed by atoms with Crippen LogP contribution in [0.3, 0.4) is 0 Å². The maximum Gasteiger partial charge on any atom is 0.258 e. The lowest BCUT2D eigenvalue weighted by atomic mass is 9.97. The average Bonchev–Trinajstić information content (AvgIpc) is 2.17. The highest BCUT2D eigenvalue weighted by atomic mass is 32.2. The molecule has 1 saturated heterocycles. The lowest BCUT2D eigenvalue weighted by molar-refractivity contribution is -0.132. The van der Waals surface area contributed by atoms with Gasteiger partial charge in [0, 0.05) is 6.54 Å². The van der Waals surface area contributed by atoms with Gasteiger partial charge in [0.15, 0.2) is 4.75 Å². The zero-order valence-electron chi connectivity index (χ0n) is 10.1. The van der Waals surface area contributed by atoms with E-state index in [1.54, 1.807) is 0 Å². The molecule has 1 rings (SSSR count). The van der Waals surface area contributed by atoms with E-state index >= 15 is 0 Å². The third-order valence-corrected chi connectivity index (χ3v) is 6.08. The number of nitrogens with zero attached hydrogens (tertiary/aromatic N) is 1. The van der Waals surface area contributed by atoms with Crippen LogP contribution in [0, 0.1) is 11.8 Å². The molecule has 0 aromatic rings. The van der Waals surface area contributed by atoms with Crippen LogP contribution >= 0.6 is 12.6 Å². The third kappa shape index (κ3) is 1.86. The Morgan fingerprint density at radius 2 is 1.88 bits per heavy atom. The number of thiol groups is 1. The minimum absolute atomic E-state index is 0.109. The molecule has 0 aliphatic carbocycles. The van der Waals surface area contributed by atoms with Gasteiger partial charge >= 0.3 is 0 Å². The number of sulfonamides is 1. The van der Waals surface area contributed by atoms with Gasteiger partial charge < -0.3 is 0 Å². The van der Waals surface area contributed by atoms with Crippen LogP contribution in [0.5, 0.6) is 0 Å². The monoisotopic (exact) mass is 265 g/mol. The normalized spacial score (nSPS) is 24.4. The number of hydrogen-bond acceptors (Lipinski definition) is 4.